The zero-order chi connectivity index (χ0) is 15.3. The van der Waals surface area contributed by atoms with Gasteiger partial charge in [0.15, 0.2) is 0 Å². The van der Waals surface area contributed by atoms with Gasteiger partial charge in [0.2, 0.25) is 0 Å². The lowest BCUT2D eigenvalue weighted by Gasteiger charge is -2.18. The van der Waals surface area contributed by atoms with Crippen molar-refractivity contribution in [2.45, 2.75) is 18.6 Å². The van der Waals surface area contributed by atoms with E-state index < -0.39 is 30.5 Å². The van der Waals surface area contributed by atoms with Gasteiger partial charge < -0.3 is 4.74 Å². The second-order valence-corrected chi connectivity index (χ2v) is 4.79. The first-order valence-corrected chi connectivity index (χ1v) is 6.29. The maximum Gasteiger partial charge on any atom is 0.411 e. The Morgan fingerprint density at radius 3 is 2.50 bits per heavy atom. The highest BCUT2D eigenvalue weighted by atomic mass is 79.9. The molecule has 0 aliphatic heterocycles. The quantitative estimate of drug-likeness (QED) is 0.268. The maximum atomic E-state index is 13.8. The van der Waals surface area contributed by atoms with E-state index in [0.29, 0.717) is 0 Å². The van der Waals surface area contributed by atoms with E-state index in [4.69, 9.17) is 5.84 Å². The van der Waals surface area contributed by atoms with Gasteiger partial charge in [-0.1, -0.05) is 0 Å². The summed E-state index contributed by atoms with van der Waals surface area (Å²) in [6, 6.07) is 1.21. The highest BCUT2D eigenvalue weighted by Crippen LogP contribution is 2.28. The van der Waals surface area contributed by atoms with Crippen LogP contribution in [-0.2, 0) is 4.74 Å². The van der Waals surface area contributed by atoms with Crippen molar-refractivity contribution in [3.63, 3.8) is 0 Å². The first-order valence-electron chi connectivity index (χ1n) is 5.50. The van der Waals surface area contributed by atoms with E-state index >= 15 is 0 Å². The lowest BCUT2D eigenvalue weighted by atomic mass is 10.0. The molecule has 0 bridgehead atoms. The molecule has 0 aromatic heterocycles. The Bertz CT molecular complexity index is 455. The van der Waals surface area contributed by atoms with Gasteiger partial charge in [0.05, 0.1) is 10.5 Å². The van der Waals surface area contributed by atoms with Crippen LogP contribution in [0.5, 0.6) is 0 Å². The van der Waals surface area contributed by atoms with Crippen LogP contribution in [-0.4, -0.2) is 19.4 Å². The third kappa shape index (κ3) is 4.97. The number of nitrogens with two attached hydrogens (primary N) is 1. The maximum absolute atomic E-state index is 13.8. The molecular formula is C11H12BrF5N2O. The SMILES string of the molecule is NNC(CCOCC(F)(F)F)c1c(F)ccc(Br)c1F. The molecule has 1 rings (SSSR count). The fraction of sp³-hybridized carbons (Fsp3) is 0.455. The number of alkyl halides is 3. The Morgan fingerprint density at radius 2 is 1.95 bits per heavy atom. The van der Waals surface area contributed by atoms with E-state index in [1.54, 1.807) is 0 Å². The molecule has 1 atom stereocenters. The zero-order valence-electron chi connectivity index (χ0n) is 10.1. The molecule has 20 heavy (non-hydrogen) atoms. The molecule has 3 nitrogen and oxygen atoms in total. The monoisotopic (exact) mass is 362 g/mol. The molecule has 0 amide bonds. The van der Waals surface area contributed by atoms with E-state index in [2.05, 4.69) is 26.1 Å². The summed E-state index contributed by atoms with van der Waals surface area (Å²) in [6.45, 7) is -1.77. The van der Waals surface area contributed by atoms with Crippen LogP contribution in [0.25, 0.3) is 0 Å². The average Bonchev–Trinajstić information content (AvgIpc) is 2.35. The summed E-state index contributed by atoms with van der Waals surface area (Å²) in [5, 5.41) is 0. The van der Waals surface area contributed by atoms with E-state index in [1.165, 1.54) is 6.07 Å². The molecule has 0 heterocycles. The second kappa shape index (κ2) is 7.30. The van der Waals surface area contributed by atoms with E-state index in [1.807, 2.05) is 0 Å². The number of rotatable bonds is 6. The second-order valence-electron chi connectivity index (χ2n) is 3.93. The first kappa shape index (κ1) is 17.3. The molecule has 1 unspecified atom stereocenters. The van der Waals surface area contributed by atoms with Crippen molar-refractivity contribution in [3.8, 4) is 0 Å². The van der Waals surface area contributed by atoms with Crippen LogP contribution in [0.4, 0.5) is 22.0 Å². The van der Waals surface area contributed by atoms with Crippen LogP contribution in [0, 0.1) is 11.6 Å². The fourth-order valence-electron chi connectivity index (χ4n) is 1.56. The highest BCUT2D eigenvalue weighted by Gasteiger charge is 2.28. The predicted octanol–water partition coefficient (Wildman–Crippen LogP) is 3.20. The van der Waals surface area contributed by atoms with Crippen LogP contribution in [0.1, 0.15) is 18.0 Å². The number of benzene rings is 1. The summed E-state index contributed by atoms with van der Waals surface area (Å²) in [7, 11) is 0. The van der Waals surface area contributed by atoms with Crippen LogP contribution >= 0.6 is 15.9 Å². The number of ether oxygens (including phenoxy) is 1. The first-order chi connectivity index (χ1) is 9.26. The van der Waals surface area contributed by atoms with Crippen LogP contribution in [0.3, 0.4) is 0 Å². The largest absolute Gasteiger partial charge is 0.411 e. The number of hydrogen-bond donors (Lipinski definition) is 2. The molecule has 0 saturated carbocycles. The fourth-order valence-corrected chi connectivity index (χ4v) is 1.91. The average molecular weight is 363 g/mol. The molecule has 0 saturated heterocycles. The van der Waals surface area contributed by atoms with Gasteiger partial charge in [-0.3, -0.25) is 11.3 Å². The number of hydrogen-bond acceptors (Lipinski definition) is 3. The minimum Gasteiger partial charge on any atom is -0.372 e. The lowest BCUT2D eigenvalue weighted by molar-refractivity contribution is -0.174. The Kier molecular flexibility index (Phi) is 6.31. The molecular weight excluding hydrogens is 351 g/mol. The van der Waals surface area contributed by atoms with E-state index in [0.717, 1.165) is 6.07 Å². The van der Waals surface area contributed by atoms with Crippen molar-refractivity contribution in [3.05, 3.63) is 33.8 Å². The lowest BCUT2D eigenvalue weighted by Crippen LogP contribution is -2.31. The standard InChI is InChI=1S/C11H12BrF5N2O/c12-6-1-2-7(13)9(10(6)14)8(19-18)3-4-20-5-11(15,16)17/h1-2,8,19H,3-5,18H2. The van der Waals surface area contributed by atoms with Gasteiger partial charge in [-0.25, -0.2) is 8.78 Å². The van der Waals surface area contributed by atoms with Crippen molar-refractivity contribution in [1.29, 1.82) is 0 Å². The van der Waals surface area contributed by atoms with E-state index in [-0.39, 0.29) is 23.1 Å². The molecule has 0 fully saturated rings. The van der Waals surface area contributed by atoms with E-state index in [9.17, 15) is 22.0 Å². The van der Waals surface area contributed by atoms with Gasteiger partial charge in [0.1, 0.15) is 18.2 Å². The van der Waals surface area contributed by atoms with Gasteiger partial charge >= 0.3 is 6.18 Å². The smallest absolute Gasteiger partial charge is 0.372 e. The topological polar surface area (TPSA) is 47.3 Å². The van der Waals surface area contributed by atoms with Gasteiger partial charge in [-0.15, -0.1) is 0 Å². The molecule has 0 aliphatic rings. The summed E-state index contributed by atoms with van der Waals surface area (Å²) in [6.07, 6.45) is -4.56. The highest BCUT2D eigenvalue weighted by molar-refractivity contribution is 9.10. The minimum absolute atomic E-state index is 0.0327. The molecule has 114 valence electrons. The van der Waals surface area contributed by atoms with Gasteiger partial charge in [-0.05, 0) is 34.5 Å². The summed E-state index contributed by atoms with van der Waals surface area (Å²) in [5.41, 5.74) is 1.81. The van der Waals surface area contributed by atoms with Crippen LogP contribution in [0.2, 0.25) is 0 Å². The van der Waals surface area contributed by atoms with Crippen LogP contribution < -0.4 is 11.3 Å². The summed E-state index contributed by atoms with van der Waals surface area (Å²) in [4.78, 5) is 0. The third-order valence-corrected chi connectivity index (χ3v) is 3.06. The van der Waals surface area contributed by atoms with Gasteiger partial charge in [0.25, 0.3) is 0 Å². The number of hydrazine groups is 1. The molecule has 9 heteroatoms. The van der Waals surface area contributed by atoms with Crippen molar-refractivity contribution in [2.75, 3.05) is 13.2 Å². The molecule has 3 N–H and O–H groups in total. The van der Waals surface area contributed by atoms with Crippen LogP contribution in [0.15, 0.2) is 16.6 Å². The summed E-state index contributed by atoms with van der Waals surface area (Å²) < 4.78 is 67.4. The van der Waals surface area contributed by atoms with Crippen molar-refractivity contribution in [1.82, 2.24) is 5.43 Å². The van der Waals surface area contributed by atoms with Crippen molar-refractivity contribution in [2.24, 2.45) is 5.84 Å². The Balaban J connectivity index is 2.70. The molecule has 0 radical (unpaired) electrons. The van der Waals surface area contributed by atoms with Gasteiger partial charge in [0, 0.05) is 12.2 Å². The van der Waals surface area contributed by atoms with Crippen molar-refractivity contribution >= 4 is 15.9 Å². The Labute approximate surface area is 120 Å². The predicted molar refractivity (Wildman–Crippen MR) is 65.6 cm³/mol. The molecule has 0 aliphatic carbocycles. The Hall–Kier alpha value is -0.770. The third-order valence-electron chi connectivity index (χ3n) is 2.45. The van der Waals surface area contributed by atoms with Gasteiger partial charge in [-0.2, -0.15) is 13.2 Å². The molecule has 1 aromatic rings. The summed E-state index contributed by atoms with van der Waals surface area (Å²) in [5.74, 6) is 3.48. The minimum atomic E-state index is -4.45. The molecule has 0 spiro atoms. The Morgan fingerprint density at radius 1 is 1.30 bits per heavy atom. The summed E-state index contributed by atoms with van der Waals surface area (Å²) >= 11 is 2.90. The number of nitrogens with one attached hydrogen (secondary N) is 1. The van der Waals surface area contributed by atoms with Crippen molar-refractivity contribution < 1.29 is 26.7 Å². The zero-order valence-corrected chi connectivity index (χ0v) is 11.7. The normalized spacial score (nSPS) is 13.6. The number of halogens is 6. The molecule has 1 aromatic carbocycles.